The molecule has 1 aliphatic heterocycles. The molecule has 1 unspecified atom stereocenters. The van der Waals surface area contributed by atoms with Crippen LogP contribution in [0.1, 0.15) is 40.0 Å². The summed E-state index contributed by atoms with van der Waals surface area (Å²) in [5.74, 6) is 0.0293. The number of fused-ring (bicyclic) bond motifs is 1. The number of rotatable bonds is 8. The number of benzene rings is 2. The maximum absolute atomic E-state index is 13.2. The molecule has 0 N–H and O–H groups in total. The fourth-order valence-electron chi connectivity index (χ4n) is 3.97. The summed E-state index contributed by atoms with van der Waals surface area (Å²) < 4.78 is 53.0. The Morgan fingerprint density at radius 2 is 1.88 bits per heavy atom. The van der Waals surface area contributed by atoms with E-state index in [-0.39, 0.29) is 19.2 Å². The summed E-state index contributed by atoms with van der Waals surface area (Å²) in [6.07, 6.45) is -4.43. The maximum Gasteiger partial charge on any atom is 0.416 e. The molecule has 0 saturated carbocycles. The molecule has 0 aliphatic carbocycles. The topological polar surface area (TPSA) is 56.6 Å². The van der Waals surface area contributed by atoms with Crippen molar-refractivity contribution < 1.29 is 27.4 Å². The number of carbonyl (C=O) groups is 1. The first-order chi connectivity index (χ1) is 16.3. The van der Waals surface area contributed by atoms with Crippen molar-refractivity contribution in [3.05, 3.63) is 80.6 Å². The number of carbonyl (C=O) groups excluding carboxylic acids is 1. The second-order valence-corrected chi connectivity index (χ2v) is 8.91. The Balaban J connectivity index is 1.59. The van der Waals surface area contributed by atoms with E-state index >= 15 is 0 Å². The summed E-state index contributed by atoms with van der Waals surface area (Å²) in [6.45, 7) is 3.31. The lowest BCUT2D eigenvalue weighted by Crippen LogP contribution is -2.25. The van der Waals surface area contributed by atoms with Crippen LogP contribution in [0.3, 0.4) is 0 Å². The molecule has 0 spiro atoms. The molecule has 180 valence electrons. The van der Waals surface area contributed by atoms with Gasteiger partial charge in [-0.1, -0.05) is 42.5 Å². The molecular formula is C24H23F3IN3O3. The fourth-order valence-corrected chi connectivity index (χ4v) is 4.66. The second kappa shape index (κ2) is 10.3. The minimum atomic E-state index is -4.43. The number of esters is 1. The summed E-state index contributed by atoms with van der Waals surface area (Å²) in [4.78, 5) is 14.6. The van der Waals surface area contributed by atoms with Crippen LogP contribution in [0.25, 0.3) is 0 Å². The molecule has 0 amide bonds. The lowest BCUT2D eigenvalue weighted by atomic mass is 10.1. The average Bonchev–Trinajstić information content (AvgIpc) is 3.30. The number of ether oxygens (including phenoxy) is 2. The Hall–Kier alpha value is -2.60. The van der Waals surface area contributed by atoms with Crippen LogP contribution in [0.4, 0.5) is 19.0 Å². The molecule has 4 rings (SSSR count). The van der Waals surface area contributed by atoms with Gasteiger partial charge in [-0.2, -0.15) is 18.3 Å². The highest BCUT2D eigenvalue weighted by Crippen LogP contribution is 2.37. The van der Waals surface area contributed by atoms with Crippen molar-refractivity contribution in [3.8, 4) is 0 Å². The van der Waals surface area contributed by atoms with Crippen molar-refractivity contribution in [1.82, 2.24) is 9.78 Å². The molecule has 34 heavy (non-hydrogen) atoms. The Kier molecular flexibility index (Phi) is 7.46. The van der Waals surface area contributed by atoms with Gasteiger partial charge in [0.1, 0.15) is 15.1 Å². The van der Waals surface area contributed by atoms with Gasteiger partial charge in [0.15, 0.2) is 0 Å². The standard InChI is InChI=1S/C24H23F3IN3O3/c1-2-34-23(32)20-21(28)29-31-19(15-33-14-16-7-4-3-5-8-16)13-30(22(20)31)12-17-9-6-10-18(11-17)24(25,26)27/h3-11,19H,2,12-15H2,1H3. The Morgan fingerprint density at radius 1 is 1.15 bits per heavy atom. The van der Waals surface area contributed by atoms with Gasteiger partial charge >= 0.3 is 12.1 Å². The Labute approximate surface area is 208 Å². The van der Waals surface area contributed by atoms with Crippen LogP contribution in [0.5, 0.6) is 0 Å². The van der Waals surface area contributed by atoms with Gasteiger partial charge in [0.05, 0.1) is 31.4 Å². The van der Waals surface area contributed by atoms with Crippen LogP contribution in [0.2, 0.25) is 0 Å². The largest absolute Gasteiger partial charge is 0.462 e. The summed E-state index contributed by atoms with van der Waals surface area (Å²) in [5.41, 5.74) is 1.13. The van der Waals surface area contributed by atoms with E-state index in [1.807, 2.05) is 57.8 Å². The van der Waals surface area contributed by atoms with Crippen molar-refractivity contribution in [2.45, 2.75) is 32.3 Å². The predicted octanol–water partition coefficient (Wildman–Crippen LogP) is 5.46. The second-order valence-electron chi connectivity index (χ2n) is 7.89. The summed E-state index contributed by atoms with van der Waals surface area (Å²) in [6, 6.07) is 14.7. The quantitative estimate of drug-likeness (QED) is 0.260. The van der Waals surface area contributed by atoms with Gasteiger partial charge in [0.25, 0.3) is 0 Å². The highest BCUT2D eigenvalue weighted by Gasteiger charge is 2.37. The number of hydrogen-bond acceptors (Lipinski definition) is 5. The first kappa shape index (κ1) is 24.5. The molecule has 0 fully saturated rings. The predicted molar refractivity (Wildman–Crippen MR) is 129 cm³/mol. The minimum absolute atomic E-state index is 0.188. The summed E-state index contributed by atoms with van der Waals surface area (Å²) in [7, 11) is 0. The smallest absolute Gasteiger partial charge is 0.416 e. The molecular weight excluding hydrogens is 562 g/mol. The number of anilines is 1. The van der Waals surface area contributed by atoms with Gasteiger partial charge in [0, 0.05) is 13.1 Å². The lowest BCUT2D eigenvalue weighted by Gasteiger charge is -2.20. The normalized spacial score (nSPS) is 15.4. The zero-order valence-electron chi connectivity index (χ0n) is 18.4. The molecule has 1 atom stereocenters. The number of alkyl halides is 3. The number of aromatic nitrogens is 2. The third-order valence-electron chi connectivity index (χ3n) is 5.45. The first-order valence-corrected chi connectivity index (χ1v) is 11.8. The molecule has 6 nitrogen and oxygen atoms in total. The van der Waals surface area contributed by atoms with Crippen LogP contribution in [-0.4, -0.2) is 35.5 Å². The molecule has 0 saturated heterocycles. The van der Waals surface area contributed by atoms with Gasteiger partial charge in [-0.05, 0) is 52.8 Å². The SMILES string of the molecule is CCOC(=O)c1c(I)nn2c1N(Cc1cccc(C(F)(F)F)c1)CC2COCc1ccccc1. The van der Waals surface area contributed by atoms with Crippen LogP contribution >= 0.6 is 22.6 Å². The zero-order chi connectivity index (χ0) is 24.3. The first-order valence-electron chi connectivity index (χ1n) is 10.8. The van der Waals surface area contributed by atoms with E-state index < -0.39 is 17.7 Å². The lowest BCUT2D eigenvalue weighted by molar-refractivity contribution is -0.137. The Morgan fingerprint density at radius 3 is 2.59 bits per heavy atom. The highest BCUT2D eigenvalue weighted by atomic mass is 127. The van der Waals surface area contributed by atoms with E-state index in [0.29, 0.717) is 40.4 Å². The van der Waals surface area contributed by atoms with Crippen LogP contribution in [0.15, 0.2) is 54.6 Å². The molecule has 1 aromatic heterocycles. The molecule has 2 heterocycles. The van der Waals surface area contributed by atoms with Gasteiger partial charge in [-0.15, -0.1) is 0 Å². The highest BCUT2D eigenvalue weighted by molar-refractivity contribution is 14.1. The van der Waals surface area contributed by atoms with Crippen molar-refractivity contribution >= 4 is 34.4 Å². The maximum atomic E-state index is 13.2. The van der Waals surface area contributed by atoms with Gasteiger partial charge in [-0.3, -0.25) is 0 Å². The monoisotopic (exact) mass is 585 g/mol. The molecule has 1 aliphatic rings. The average molecular weight is 585 g/mol. The third kappa shape index (κ3) is 5.38. The van der Waals surface area contributed by atoms with E-state index in [9.17, 15) is 18.0 Å². The fraction of sp³-hybridized carbons (Fsp3) is 0.333. The van der Waals surface area contributed by atoms with Crippen LogP contribution in [0, 0.1) is 3.70 Å². The van der Waals surface area contributed by atoms with E-state index in [0.717, 1.165) is 17.7 Å². The third-order valence-corrected chi connectivity index (χ3v) is 6.20. The Bertz CT molecular complexity index is 1150. The summed E-state index contributed by atoms with van der Waals surface area (Å²) in [5, 5.41) is 4.55. The number of nitrogens with zero attached hydrogens (tertiary/aromatic N) is 3. The van der Waals surface area contributed by atoms with Crippen LogP contribution < -0.4 is 4.90 Å². The van der Waals surface area contributed by atoms with Crippen molar-refractivity contribution in [2.24, 2.45) is 0 Å². The van der Waals surface area contributed by atoms with E-state index in [4.69, 9.17) is 9.47 Å². The van der Waals surface area contributed by atoms with Crippen molar-refractivity contribution in [2.75, 3.05) is 24.7 Å². The molecule has 0 radical (unpaired) electrons. The van der Waals surface area contributed by atoms with Crippen molar-refractivity contribution in [1.29, 1.82) is 0 Å². The van der Waals surface area contributed by atoms with Crippen LogP contribution in [-0.2, 0) is 28.8 Å². The van der Waals surface area contributed by atoms with Gasteiger partial charge in [0.2, 0.25) is 0 Å². The molecule has 0 bridgehead atoms. The van der Waals surface area contributed by atoms with E-state index in [1.165, 1.54) is 6.07 Å². The van der Waals surface area contributed by atoms with Crippen molar-refractivity contribution in [3.63, 3.8) is 0 Å². The molecule has 10 heteroatoms. The molecule has 2 aromatic carbocycles. The number of halogens is 4. The number of hydrogen-bond donors (Lipinski definition) is 0. The zero-order valence-corrected chi connectivity index (χ0v) is 20.5. The molecule has 3 aromatic rings. The van der Waals surface area contributed by atoms with E-state index in [2.05, 4.69) is 5.10 Å². The van der Waals surface area contributed by atoms with E-state index in [1.54, 1.807) is 17.7 Å². The van der Waals surface area contributed by atoms with Gasteiger partial charge < -0.3 is 14.4 Å². The van der Waals surface area contributed by atoms with Gasteiger partial charge in [-0.25, -0.2) is 9.48 Å². The minimum Gasteiger partial charge on any atom is -0.462 e. The summed E-state index contributed by atoms with van der Waals surface area (Å²) >= 11 is 1.98.